The second-order valence-corrected chi connectivity index (χ2v) is 7.23. The highest BCUT2D eigenvalue weighted by Crippen LogP contribution is 2.19. The van der Waals surface area contributed by atoms with Gasteiger partial charge in [-0.2, -0.15) is 0 Å². The standard InChI is InChI=1S/C21H25BrN2O2/c1-3-19(17-9-11-18(22)12-10-17)23-14-21(26)24-20(15(2)25)13-16-7-5-4-6-8-16/h4-12,19-20,23H,3,13-14H2,1-2H3,(H,24,26)/t19-,20-/m1/s1. The van der Waals surface area contributed by atoms with Crippen molar-refractivity contribution >= 4 is 27.6 Å². The van der Waals surface area contributed by atoms with E-state index in [2.05, 4.69) is 33.5 Å². The number of ketones is 1. The first-order chi connectivity index (χ1) is 12.5. The van der Waals surface area contributed by atoms with Crippen LogP contribution < -0.4 is 10.6 Å². The van der Waals surface area contributed by atoms with Crippen LogP contribution >= 0.6 is 15.9 Å². The first-order valence-electron chi connectivity index (χ1n) is 8.82. The molecule has 2 aromatic carbocycles. The Balaban J connectivity index is 1.90. The molecule has 4 nitrogen and oxygen atoms in total. The maximum Gasteiger partial charge on any atom is 0.234 e. The minimum absolute atomic E-state index is 0.0397. The highest BCUT2D eigenvalue weighted by Gasteiger charge is 2.18. The normalized spacial score (nSPS) is 13.0. The van der Waals surface area contributed by atoms with E-state index in [-0.39, 0.29) is 24.3 Å². The lowest BCUT2D eigenvalue weighted by molar-refractivity contribution is -0.126. The van der Waals surface area contributed by atoms with Crippen molar-refractivity contribution in [2.75, 3.05) is 6.54 Å². The number of rotatable bonds is 9. The molecule has 2 N–H and O–H groups in total. The number of Topliss-reactive ketones (excluding diaryl/α,β-unsaturated/α-hetero) is 1. The van der Waals surface area contributed by atoms with Crippen LogP contribution in [0.4, 0.5) is 0 Å². The molecule has 0 spiro atoms. The Labute approximate surface area is 163 Å². The van der Waals surface area contributed by atoms with E-state index < -0.39 is 6.04 Å². The number of carbonyl (C=O) groups is 2. The maximum absolute atomic E-state index is 12.3. The zero-order valence-corrected chi connectivity index (χ0v) is 16.8. The van der Waals surface area contributed by atoms with Gasteiger partial charge in [0.25, 0.3) is 0 Å². The fourth-order valence-electron chi connectivity index (χ4n) is 2.80. The van der Waals surface area contributed by atoms with Gasteiger partial charge in [0.2, 0.25) is 5.91 Å². The molecule has 26 heavy (non-hydrogen) atoms. The first-order valence-corrected chi connectivity index (χ1v) is 9.61. The van der Waals surface area contributed by atoms with Gasteiger partial charge < -0.3 is 10.6 Å². The molecule has 0 bridgehead atoms. The number of hydrogen-bond donors (Lipinski definition) is 2. The highest BCUT2D eigenvalue weighted by atomic mass is 79.9. The average Bonchev–Trinajstić information content (AvgIpc) is 2.64. The van der Waals surface area contributed by atoms with Gasteiger partial charge >= 0.3 is 0 Å². The fourth-order valence-corrected chi connectivity index (χ4v) is 3.06. The predicted molar refractivity (Wildman–Crippen MR) is 108 cm³/mol. The Bertz CT molecular complexity index is 717. The van der Waals surface area contributed by atoms with Crippen LogP contribution in [0.2, 0.25) is 0 Å². The summed E-state index contributed by atoms with van der Waals surface area (Å²) in [4.78, 5) is 24.2. The van der Waals surface area contributed by atoms with Crippen LogP contribution in [0.25, 0.3) is 0 Å². The molecule has 0 aliphatic rings. The van der Waals surface area contributed by atoms with E-state index in [0.29, 0.717) is 6.42 Å². The van der Waals surface area contributed by atoms with Crippen molar-refractivity contribution < 1.29 is 9.59 Å². The molecule has 138 valence electrons. The van der Waals surface area contributed by atoms with Gasteiger partial charge in [0.15, 0.2) is 5.78 Å². The monoisotopic (exact) mass is 416 g/mol. The zero-order valence-electron chi connectivity index (χ0n) is 15.2. The van der Waals surface area contributed by atoms with Crippen LogP contribution in [0.3, 0.4) is 0 Å². The van der Waals surface area contributed by atoms with E-state index in [4.69, 9.17) is 0 Å². The molecule has 2 rings (SSSR count). The van der Waals surface area contributed by atoms with Gasteiger partial charge in [-0.05, 0) is 43.0 Å². The van der Waals surface area contributed by atoms with Crippen molar-refractivity contribution in [2.24, 2.45) is 0 Å². The lowest BCUT2D eigenvalue weighted by Crippen LogP contribution is -2.45. The lowest BCUT2D eigenvalue weighted by atomic mass is 10.0. The number of amides is 1. The predicted octanol–water partition coefficient (Wildman–Crippen LogP) is 3.81. The summed E-state index contributed by atoms with van der Waals surface area (Å²) in [6.45, 7) is 3.76. The van der Waals surface area contributed by atoms with Gasteiger partial charge in [-0.15, -0.1) is 0 Å². The largest absolute Gasteiger partial charge is 0.345 e. The summed E-state index contributed by atoms with van der Waals surface area (Å²) in [6, 6.07) is 17.4. The van der Waals surface area contributed by atoms with Crippen molar-refractivity contribution in [2.45, 2.75) is 38.8 Å². The molecule has 0 saturated carbocycles. The molecule has 0 saturated heterocycles. The molecule has 2 atom stereocenters. The van der Waals surface area contributed by atoms with Crippen molar-refractivity contribution in [3.05, 3.63) is 70.2 Å². The molecule has 1 amide bonds. The molecular formula is C21H25BrN2O2. The van der Waals surface area contributed by atoms with Crippen molar-refractivity contribution in [1.82, 2.24) is 10.6 Å². The number of hydrogen-bond acceptors (Lipinski definition) is 3. The minimum atomic E-state index is -0.501. The van der Waals surface area contributed by atoms with Gasteiger partial charge in [-0.1, -0.05) is 65.3 Å². The van der Waals surface area contributed by atoms with Crippen molar-refractivity contribution in [3.8, 4) is 0 Å². The summed E-state index contributed by atoms with van der Waals surface area (Å²) in [5.74, 6) is -0.209. The molecule has 0 heterocycles. The Morgan fingerprint density at radius 1 is 1.04 bits per heavy atom. The molecule has 0 radical (unpaired) electrons. The van der Waals surface area contributed by atoms with Crippen LogP contribution in [-0.4, -0.2) is 24.3 Å². The minimum Gasteiger partial charge on any atom is -0.345 e. The second-order valence-electron chi connectivity index (χ2n) is 6.31. The summed E-state index contributed by atoms with van der Waals surface area (Å²) >= 11 is 3.43. The summed E-state index contributed by atoms with van der Waals surface area (Å²) in [5, 5.41) is 6.12. The molecule has 0 fully saturated rings. The topological polar surface area (TPSA) is 58.2 Å². The molecule has 0 aliphatic heterocycles. The van der Waals surface area contributed by atoms with Crippen LogP contribution in [0.15, 0.2) is 59.1 Å². The average molecular weight is 417 g/mol. The van der Waals surface area contributed by atoms with Crippen LogP contribution in [0.5, 0.6) is 0 Å². The summed E-state index contributed by atoms with van der Waals surface area (Å²) < 4.78 is 1.03. The lowest BCUT2D eigenvalue weighted by Gasteiger charge is -2.20. The van der Waals surface area contributed by atoms with Crippen molar-refractivity contribution in [1.29, 1.82) is 0 Å². The molecule has 0 aliphatic carbocycles. The number of carbonyl (C=O) groups excluding carboxylic acids is 2. The number of nitrogens with one attached hydrogen (secondary N) is 2. The van der Waals surface area contributed by atoms with Gasteiger partial charge in [-0.25, -0.2) is 0 Å². The SMILES string of the molecule is CC[C@@H](NCC(=O)N[C@H](Cc1ccccc1)C(C)=O)c1ccc(Br)cc1. The molecule has 0 aromatic heterocycles. The number of benzene rings is 2. The van der Waals surface area contributed by atoms with E-state index in [1.807, 2.05) is 54.6 Å². The molecule has 2 aromatic rings. The summed E-state index contributed by atoms with van der Waals surface area (Å²) in [7, 11) is 0. The highest BCUT2D eigenvalue weighted by molar-refractivity contribution is 9.10. The van der Waals surface area contributed by atoms with Gasteiger partial charge in [0.05, 0.1) is 12.6 Å². The molecular weight excluding hydrogens is 392 g/mol. The second kappa shape index (κ2) is 10.2. The third-order valence-electron chi connectivity index (χ3n) is 4.30. The third kappa shape index (κ3) is 6.39. The Morgan fingerprint density at radius 2 is 1.69 bits per heavy atom. The van der Waals surface area contributed by atoms with E-state index in [9.17, 15) is 9.59 Å². The van der Waals surface area contributed by atoms with E-state index in [1.54, 1.807) is 0 Å². The van der Waals surface area contributed by atoms with Crippen LogP contribution in [0, 0.1) is 0 Å². The fraction of sp³-hybridized carbons (Fsp3) is 0.333. The van der Waals surface area contributed by atoms with Gasteiger partial charge in [0.1, 0.15) is 0 Å². The summed E-state index contributed by atoms with van der Waals surface area (Å²) in [5.41, 5.74) is 2.16. The molecule has 5 heteroatoms. The Kier molecular flexibility index (Phi) is 8.01. The van der Waals surface area contributed by atoms with Crippen LogP contribution in [0.1, 0.15) is 37.4 Å². The first kappa shape index (κ1) is 20.3. The van der Waals surface area contributed by atoms with Gasteiger partial charge in [-0.3, -0.25) is 9.59 Å². The molecule has 0 unspecified atom stereocenters. The number of halogens is 1. The quantitative estimate of drug-likeness (QED) is 0.653. The summed E-state index contributed by atoms with van der Waals surface area (Å²) in [6.07, 6.45) is 1.38. The Hall–Kier alpha value is -1.98. The van der Waals surface area contributed by atoms with Crippen LogP contribution in [-0.2, 0) is 16.0 Å². The van der Waals surface area contributed by atoms with Gasteiger partial charge in [0, 0.05) is 10.5 Å². The zero-order chi connectivity index (χ0) is 18.9. The van der Waals surface area contributed by atoms with Crippen molar-refractivity contribution in [3.63, 3.8) is 0 Å². The maximum atomic E-state index is 12.3. The Morgan fingerprint density at radius 3 is 2.27 bits per heavy atom. The van der Waals surface area contributed by atoms with E-state index in [1.165, 1.54) is 6.92 Å². The smallest absolute Gasteiger partial charge is 0.234 e. The van der Waals surface area contributed by atoms with E-state index in [0.717, 1.165) is 22.0 Å². The third-order valence-corrected chi connectivity index (χ3v) is 4.83. The van der Waals surface area contributed by atoms with E-state index >= 15 is 0 Å².